The number of nitrogens with two attached hydrogens (primary N) is 1. The maximum Gasteiger partial charge on any atom is 0.148 e. The molecule has 0 amide bonds. The van der Waals surface area contributed by atoms with E-state index in [4.69, 9.17) is 15.5 Å². The van der Waals surface area contributed by atoms with Crippen molar-refractivity contribution in [1.29, 1.82) is 0 Å². The molecule has 0 bridgehead atoms. The van der Waals surface area contributed by atoms with Crippen LogP contribution >= 0.6 is 0 Å². The number of rotatable bonds is 4. The van der Waals surface area contributed by atoms with E-state index in [1.807, 2.05) is 18.2 Å². The SMILES string of the molecule is CCn1c(-c2ccncc2OC)nc2cc(CN)ccc21. The first-order chi connectivity index (χ1) is 10.3. The monoisotopic (exact) mass is 282 g/mol. The van der Waals surface area contributed by atoms with Crippen molar-refractivity contribution in [2.24, 2.45) is 5.73 Å². The first-order valence-electron chi connectivity index (χ1n) is 6.96. The van der Waals surface area contributed by atoms with Crippen LogP contribution in [-0.2, 0) is 13.1 Å². The predicted octanol–water partition coefficient (Wildman–Crippen LogP) is 2.59. The van der Waals surface area contributed by atoms with Crippen LogP contribution in [0.1, 0.15) is 12.5 Å². The van der Waals surface area contributed by atoms with E-state index in [9.17, 15) is 0 Å². The molecule has 0 aliphatic carbocycles. The Balaban J connectivity index is 2.26. The molecule has 3 rings (SSSR count). The third-order valence-corrected chi connectivity index (χ3v) is 3.61. The highest BCUT2D eigenvalue weighted by molar-refractivity contribution is 5.82. The molecule has 2 N–H and O–H groups in total. The highest BCUT2D eigenvalue weighted by Crippen LogP contribution is 2.31. The summed E-state index contributed by atoms with van der Waals surface area (Å²) < 4.78 is 7.58. The number of nitrogens with zero attached hydrogens (tertiary/aromatic N) is 3. The number of methoxy groups -OCH3 is 1. The van der Waals surface area contributed by atoms with Gasteiger partial charge in [-0.2, -0.15) is 0 Å². The minimum atomic E-state index is 0.517. The van der Waals surface area contributed by atoms with Crippen molar-refractivity contribution in [3.63, 3.8) is 0 Å². The Morgan fingerprint density at radius 3 is 2.86 bits per heavy atom. The molecule has 1 aromatic carbocycles. The van der Waals surface area contributed by atoms with Gasteiger partial charge < -0.3 is 15.0 Å². The average molecular weight is 282 g/mol. The second-order valence-corrected chi connectivity index (χ2v) is 4.78. The Morgan fingerprint density at radius 2 is 2.14 bits per heavy atom. The summed E-state index contributed by atoms with van der Waals surface area (Å²) in [6, 6.07) is 8.09. The van der Waals surface area contributed by atoms with Crippen molar-refractivity contribution in [2.45, 2.75) is 20.0 Å². The lowest BCUT2D eigenvalue weighted by atomic mass is 10.2. The molecule has 0 saturated heterocycles. The number of aryl methyl sites for hydroxylation is 1. The number of benzene rings is 1. The normalized spacial score (nSPS) is 11.0. The van der Waals surface area contributed by atoms with Gasteiger partial charge in [-0.25, -0.2) is 4.98 Å². The fraction of sp³-hybridized carbons (Fsp3) is 0.250. The van der Waals surface area contributed by atoms with Gasteiger partial charge in [0.2, 0.25) is 0 Å². The lowest BCUT2D eigenvalue weighted by Crippen LogP contribution is -1.99. The smallest absolute Gasteiger partial charge is 0.148 e. The van der Waals surface area contributed by atoms with Gasteiger partial charge in [0.05, 0.1) is 29.9 Å². The molecule has 21 heavy (non-hydrogen) atoms. The lowest BCUT2D eigenvalue weighted by Gasteiger charge is -2.09. The fourth-order valence-corrected chi connectivity index (χ4v) is 2.56. The van der Waals surface area contributed by atoms with Crippen LogP contribution in [0.5, 0.6) is 5.75 Å². The molecule has 5 heteroatoms. The molecule has 0 aliphatic heterocycles. The Hall–Kier alpha value is -2.40. The Morgan fingerprint density at radius 1 is 1.29 bits per heavy atom. The molecule has 0 spiro atoms. The van der Waals surface area contributed by atoms with Crippen LogP contribution in [0.15, 0.2) is 36.7 Å². The zero-order chi connectivity index (χ0) is 14.8. The molecule has 0 saturated carbocycles. The topological polar surface area (TPSA) is 66.0 Å². The molecule has 0 atom stereocenters. The third-order valence-electron chi connectivity index (χ3n) is 3.61. The van der Waals surface area contributed by atoms with Gasteiger partial charge >= 0.3 is 0 Å². The highest BCUT2D eigenvalue weighted by atomic mass is 16.5. The van der Waals surface area contributed by atoms with Gasteiger partial charge in [-0.05, 0) is 30.7 Å². The van der Waals surface area contributed by atoms with Crippen LogP contribution in [-0.4, -0.2) is 21.6 Å². The van der Waals surface area contributed by atoms with Gasteiger partial charge in [0.1, 0.15) is 11.6 Å². The number of imidazole rings is 1. The number of hydrogen-bond donors (Lipinski definition) is 1. The lowest BCUT2D eigenvalue weighted by molar-refractivity contribution is 0.414. The van der Waals surface area contributed by atoms with E-state index in [0.29, 0.717) is 6.54 Å². The van der Waals surface area contributed by atoms with Crippen LogP contribution in [0, 0.1) is 0 Å². The first kappa shape index (κ1) is 13.6. The zero-order valence-electron chi connectivity index (χ0n) is 12.2. The fourth-order valence-electron chi connectivity index (χ4n) is 2.56. The Bertz CT molecular complexity index is 779. The molecule has 0 radical (unpaired) electrons. The van der Waals surface area contributed by atoms with Crippen LogP contribution < -0.4 is 10.5 Å². The van der Waals surface area contributed by atoms with E-state index < -0.39 is 0 Å². The molecular formula is C16H18N4O. The van der Waals surface area contributed by atoms with E-state index in [0.717, 1.165) is 40.3 Å². The maximum absolute atomic E-state index is 5.71. The molecule has 108 valence electrons. The van der Waals surface area contributed by atoms with Crippen molar-refractivity contribution >= 4 is 11.0 Å². The quantitative estimate of drug-likeness (QED) is 0.798. The second-order valence-electron chi connectivity index (χ2n) is 4.78. The van der Waals surface area contributed by atoms with Crippen LogP contribution in [0.2, 0.25) is 0 Å². The number of pyridine rings is 1. The van der Waals surface area contributed by atoms with Crippen molar-refractivity contribution in [3.05, 3.63) is 42.2 Å². The molecule has 2 aromatic heterocycles. The number of hydrogen-bond acceptors (Lipinski definition) is 4. The standard InChI is InChI=1S/C16H18N4O/c1-3-20-14-5-4-11(9-17)8-13(14)19-16(20)12-6-7-18-10-15(12)21-2/h4-8,10H,3,9,17H2,1-2H3. The Kier molecular flexibility index (Phi) is 3.58. The number of fused-ring (bicyclic) bond motifs is 1. The maximum atomic E-state index is 5.71. The summed E-state index contributed by atoms with van der Waals surface area (Å²) >= 11 is 0. The van der Waals surface area contributed by atoms with E-state index in [2.05, 4.69) is 22.5 Å². The number of aromatic nitrogens is 3. The van der Waals surface area contributed by atoms with Crippen LogP contribution in [0.4, 0.5) is 0 Å². The van der Waals surface area contributed by atoms with Crippen molar-refractivity contribution in [3.8, 4) is 17.1 Å². The summed E-state index contributed by atoms with van der Waals surface area (Å²) in [6.45, 7) is 3.46. The van der Waals surface area contributed by atoms with Crippen LogP contribution in [0.25, 0.3) is 22.4 Å². The summed E-state index contributed by atoms with van der Waals surface area (Å²) in [5.74, 6) is 1.61. The number of ether oxygens (including phenoxy) is 1. The minimum absolute atomic E-state index is 0.517. The first-order valence-corrected chi connectivity index (χ1v) is 6.96. The second kappa shape index (κ2) is 5.54. The van der Waals surface area contributed by atoms with Gasteiger partial charge in [-0.15, -0.1) is 0 Å². The largest absolute Gasteiger partial charge is 0.494 e. The van der Waals surface area contributed by atoms with Gasteiger partial charge in [0.25, 0.3) is 0 Å². The molecule has 3 aromatic rings. The third kappa shape index (κ3) is 2.25. The minimum Gasteiger partial charge on any atom is -0.494 e. The van der Waals surface area contributed by atoms with Gasteiger partial charge in [-0.1, -0.05) is 6.07 Å². The van der Waals surface area contributed by atoms with Gasteiger partial charge in [0.15, 0.2) is 0 Å². The van der Waals surface area contributed by atoms with Crippen molar-refractivity contribution in [1.82, 2.24) is 14.5 Å². The summed E-state index contributed by atoms with van der Waals surface area (Å²) in [5, 5.41) is 0. The summed E-state index contributed by atoms with van der Waals surface area (Å²) in [4.78, 5) is 8.87. The molecule has 0 unspecified atom stereocenters. The molecule has 2 heterocycles. The van der Waals surface area contributed by atoms with Gasteiger partial charge in [-0.3, -0.25) is 4.98 Å². The predicted molar refractivity (Wildman–Crippen MR) is 83.1 cm³/mol. The van der Waals surface area contributed by atoms with E-state index in [1.165, 1.54) is 0 Å². The van der Waals surface area contributed by atoms with Crippen molar-refractivity contribution < 1.29 is 4.74 Å². The average Bonchev–Trinajstić information content (AvgIpc) is 2.91. The molecule has 5 nitrogen and oxygen atoms in total. The molecule has 0 fully saturated rings. The molecule has 0 aliphatic rings. The molecular weight excluding hydrogens is 264 g/mol. The Labute approximate surface area is 123 Å². The van der Waals surface area contributed by atoms with Crippen molar-refractivity contribution in [2.75, 3.05) is 7.11 Å². The zero-order valence-corrected chi connectivity index (χ0v) is 12.2. The summed E-state index contributed by atoms with van der Waals surface area (Å²) in [6.07, 6.45) is 3.46. The van der Waals surface area contributed by atoms with Gasteiger partial charge in [0, 0.05) is 19.3 Å². The van der Waals surface area contributed by atoms with E-state index >= 15 is 0 Å². The summed E-state index contributed by atoms with van der Waals surface area (Å²) in [7, 11) is 1.64. The van der Waals surface area contributed by atoms with Crippen LogP contribution in [0.3, 0.4) is 0 Å². The summed E-state index contributed by atoms with van der Waals surface area (Å²) in [5.41, 5.74) is 9.79. The highest BCUT2D eigenvalue weighted by Gasteiger charge is 2.15. The van der Waals surface area contributed by atoms with E-state index in [1.54, 1.807) is 19.5 Å². The van der Waals surface area contributed by atoms with E-state index in [-0.39, 0.29) is 0 Å².